The molecule has 0 radical (unpaired) electrons. The molecule has 2 rings (SSSR count). The number of nitriles is 1. The van der Waals surface area contributed by atoms with Crippen LogP contribution >= 0.6 is 0 Å². The highest BCUT2D eigenvalue weighted by Crippen LogP contribution is 2.31. The normalized spacial score (nSPS) is 19.9. The molecule has 1 aliphatic rings. The Hall–Kier alpha value is -1.33. The lowest BCUT2D eigenvalue weighted by Gasteiger charge is -2.24. The Labute approximate surface area is 84.3 Å². The summed E-state index contributed by atoms with van der Waals surface area (Å²) in [6.45, 7) is 2.00. The lowest BCUT2D eigenvalue weighted by atomic mass is 9.84. The monoisotopic (exact) mass is 186 g/mol. The maximum absolute atomic E-state index is 8.92. The van der Waals surface area contributed by atoms with Crippen LogP contribution in [0, 0.1) is 18.3 Å². The molecule has 1 aromatic carbocycles. The van der Waals surface area contributed by atoms with Gasteiger partial charge in [-0.1, -0.05) is 6.07 Å². The zero-order valence-corrected chi connectivity index (χ0v) is 8.38. The molecule has 2 heteroatoms. The van der Waals surface area contributed by atoms with E-state index < -0.39 is 0 Å². The first-order chi connectivity index (χ1) is 6.74. The highest BCUT2D eigenvalue weighted by Gasteiger charge is 2.19. The van der Waals surface area contributed by atoms with E-state index in [9.17, 15) is 0 Å². The Morgan fingerprint density at radius 1 is 1.50 bits per heavy atom. The van der Waals surface area contributed by atoms with Crippen molar-refractivity contribution < 1.29 is 0 Å². The topological polar surface area (TPSA) is 49.8 Å². The molecule has 0 heterocycles. The zero-order valence-electron chi connectivity index (χ0n) is 8.38. The van der Waals surface area contributed by atoms with Gasteiger partial charge < -0.3 is 5.73 Å². The quantitative estimate of drug-likeness (QED) is 0.675. The Morgan fingerprint density at radius 2 is 2.29 bits per heavy atom. The predicted molar refractivity (Wildman–Crippen MR) is 55.8 cm³/mol. The van der Waals surface area contributed by atoms with Crippen LogP contribution in [0.2, 0.25) is 0 Å². The minimum atomic E-state index is 0.132. The van der Waals surface area contributed by atoms with Gasteiger partial charge in [-0.2, -0.15) is 5.26 Å². The fraction of sp³-hybridized carbons (Fsp3) is 0.417. The molecule has 1 aromatic rings. The van der Waals surface area contributed by atoms with E-state index in [1.807, 2.05) is 13.0 Å². The van der Waals surface area contributed by atoms with E-state index in [0.717, 1.165) is 24.0 Å². The van der Waals surface area contributed by atoms with Crippen molar-refractivity contribution in [3.05, 3.63) is 34.4 Å². The van der Waals surface area contributed by atoms with Crippen molar-refractivity contribution in [3.63, 3.8) is 0 Å². The van der Waals surface area contributed by atoms with Crippen molar-refractivity contribution in [3.8, 4) is 6.07 Å². The first-order valence-electron chi connectivity index (χ1n) is 5.02. The van der Waals surface area contributed by atoms with Crippen molar-refractivity contribution in [1.29, 1.82) is 5.26 Å². The van der Waals surface area contributed by atoms with Crippen LogP contribution in [0.1, 0.15) is 41.1 Å². The summed E-state index contributed by atoms with van der Waals surface area (Å²) in [5.41, 5.74) is 10.5. The summed E-state index contributed by atoms with van der Waals surface area (Å²) in [7, 11) is 0. The second kappa shape index (κ2) is 3.43. The number of benzene rings is 1. The zero-order chi connectivity index (χ0) is 10.1. The number of hydrogen-bond donors (Lipinski definition) is 1. The first-order valence-corrected chi connectivity index (χ1v) is 5.02. The molecule has 1 aliphatic carbocycles. The standard InChI is InChI=1S/C12H14N2/c1-8-10(7-13)6-5-9-3-2-4-11(14)12(8)9/h5-6,11H,2-4,14H2,1H3/t11-/m1/s1. The molecule has 2 N–H and O–H groups in total. The minimum absolute atomic E-state index is 0.132. The first kappa shape index (κ1) is 9.23. The van der Waals surface area contributed by atoms with Crippen LogP contribution in [-0.2, 0) is 6.42 Å². The number of nitrogens with zero attached hydrogens (tertiary/aromatic N) is 1. The molecular weight excluding hydrogens is 172 g/mol. The second-order valence-corrected chi connectivity index (χ2v) is 3.92. The third-order valence-corrected chi connectivity index (χ3v) is 3.06. The Kier molecular flexibility index (Phi) is 2.26. The van der Waals surface area contributed by atoms with Gasteiger partial charge in [-0.25, -0.2) is 0 Å². The molecule has 0 amide bonds. The maximum Gasteiger partial charge on any atom is 0.0994 e. The van der Waals surface area contributed by atoms with Crippen LogP contribution in [0.3, 0.4) is 0 Å². The van der Waals surface area contributed by atoms with Gasteiger partial charge in [-0.05, 0) is 48.9 Å². The molecule has 1 atom stereocenters. The Morgan fingerprint density at radius 3 is 3.00 bits per heavy atom. The molecule has 0 aromatic heterocycles. The number of rotatable bonds is 0. The summed E-state index contributed by atoms with van der Waals surface area (Å²) < 4.78 is 0. The van der Waals surface area contributed by atoms with Gasteiger partial charge in [0.2, 0.25) is 0 Å². The fourth-order valence-corrected chi connectivity index (χ4v) is 2.30. The van der Waals surface area contributed by atoms with E-state index in [0.29, 0.717) is 0 Å². The number of nitrogens with two attached hydrogens (primary N) is 1. The molecule has 0 aliphatic heterocycles. The average molecular weight is 186 g/mol. The van der Waals surface area contributed by atoms with Gasteiger partial charge in [0.25, 0.3) is 0 Å². The van der Waals surface area contributed by atoms with Gasteiger partial charge in [0.05, 0.1) is 11.6 Å². The van der Waals surface area contributed by atoms with Crippen molar-refractivity contribution in [2.24, 2.45) is 5.73 Å². The van der Waals surface area contributed by atoms with E-state index >= 15 is 0 Å². The molecule has 0 fully saturated rings. The summed E-state index contributed by atoms with van der Waals surface area (Å²) >= 11 is 0. The van der Waals surface area contributed by atoms with Gasteiger partial charge in [-0.15, -0.1) is 0 Å². The Bertz CT molecular complexity index is 402. The summed E-state index contributed by atoms with van der Waals surface area (Å²) in [5, 5.41) is 8.92. The van der Waals surface area contributed by atoms with E-state index in [-0.39, 0.29) is 6.04 Å². The van der Waals surface area contributed by atoms with Gasteiger partial charge >= 0.3 is 0 Å². The molecule has 0 bridgehead atoms. The molecular formula is C12H14N2. The predicted octanol–water partition coefficient (Wildman–Crippen LogP) is 2.20. The lowest BCUT2D eigenvalue weighted by Crippen LogP contribution is -2.19. The van der Waals surface area contributed by atoms with Crippen molar-refractivity contribution in [1.82, 2.24) is 0 Å². The second-order valence-electron chi connectivity index (χ2n) is 3.92. The summed E-state index contributed by atoms with van der Waals surface area (Å²) in [6, 6.07) is 6.31. The largest absolute Gasteiger partial charge is 0.324 e. The maximum atomic E-state index is 8.92. The molecule has 0 saturated carbocycles. The summed E-state index contributed by atoms with van der Waals surface area (Å²) in [6.07, 6.45) is 3.32. The highest BCUT2D eigenvalue weighted by atomic mass is 14.6. The van der Waals surface area contributed by atoms with Gasteiger partial charge in [0.15, 0.2) is 0 Å². The van der Waals surface area contributed by atoms with Gasteiger partial charge in [0, 0.05) is 6.04 Å². The third kappa shape index (κ3) is 1.30. The van der Waals surface area contributed by atoms with Gasteiger partial charge in [-0.3, -0.25) is 0 Å². The van der Waals surface area contributed by atoms with Crippen molar-refractivity contribution in [2.75, 3.05) is 0 Å². The number of aryl methyl sites for hydroxylation is 1. The van der Waals surface area contributed by atoms with E-state index in [4.69, 9.17) is 11.0 Å². The number of fused-ring (bicyclic) bond motifs is 1. The number of hydrogen-bond acceptors (Lipinski definition) is 2. The minimum Gasteiger partial charge on any atom is -0.324 e. The van der Waals surface area contributed by atoms with Crippen LogP contribution in [0.5, 0.6) is 0 Å². The van der Waals surface area contributed by atoms with Crippen LogP contribution in [0.4, 0.5) is 0 Å². The SMILES string of the molecule is Cc1c(C#N)ccc2c1[C@H](N)CCC2. The lowest BCUT2D eigenvalue weighted by molar-refractivity contribution is 0.567. The van der Waals surface area contributed by atoms with Crippen molar-refractivity contribution in [2.45, 2.75) is 32.2 Å². The van der Waals surface area contributed by atoms with Crippen LogP contribution in [0.15, 0.2) is 12.1 Å². The summed E-state index contributed by atoms with van der Waals surface area (Å²) in [5.74, 6) is 0. The molecule has 72 valence electrons. The third-order valence-electron chi connectivity index (χ3n) is 3.06. The molecule has 0 saturated heterocycles. The van der Waals surface area contributed by atoms with Crippen LogP contribution in [-0.4, -0.2) is 0 Å². The average Bonchev–Trinajstić information content (AvgIpc) is 2.18. The molecule has 0 spiro atoms. The van der Waals surface area contributed by atoms with E-state index in [1.54, 1.807) is 0 Å². The Balaban J connectivity index is 2.61. The molecule has 14 heavy (non-hydrogen) atoms. The fourth-order valence-electron chi connectivity index (χ4n) is 2.30. The highest BCUT2D eigenvalue weighted by molar-refractivity contribution is 5.48. The molecule has 0 unspecified atom stereocenters. The summed E-state index contributed by atoms with van der Waals surface area (Å²) in [4.78, 5) is 0. The van der Waals surface area contributed by atoms with E-state index in [2.05, 4.69) is 12.1 Å². The van der Waals surface area contributed by atoms with Crippen LogP contribution < -0.4 is 5.73 Å². The van der Waals surface area contributed by atoms with Gasteiger partial charge in [0.1, 0.15) is 0 Å². The van der Waals surface area contributed by atoms with Crippen LogP contribution in [0.25, 0.3) is 0 Å². The smallest absolute Gasteiger partial charge is 0.0994 e. The van der Waals surface area contributed by atoms with E-state index in [1.165, 1.54) is 17.5 Å². The van der Waals surface area contributed by atoms with Crippen molar-refractivity contribution >= 4 is 0 Å². The molecule has 2 nitrogen and oxygen atoms in total.